The van der Waals surface area contributed by atoms with Crippen molar-refractivity contribution in [3.63, 3.8) is 0 Å². The second-order valence-corrected chi connectivity index (χ2v) is 4.37. The van der Waals surface area contributed by atoms with Gasteiger partial charge in [-0.1, -0.05) is 30.3 Å². The number of carbonyl (C=O) groups excluding carboxylic acids is 1. The predicted molar refractivity (Wildman–Crippen MR) is 70.3 cm³/mol. The molecule has 4 nitrogen and oxygen atoms in total. The third-order valence-electron chi connectivity index (χ3n) is 2.53. The van der Waals surface area contributed by atoms with Crippen molar-refractivity contribution in [2.45, 2.75) is 5.92 Å². The number of rotatable bonds is 6. The molecule has 1 aromatic rings. The maximum Gasteiger partial charge on any atom is 0.316 e. The third-order valence-corrected chi connectivity index (χ3v) is 2.53. The number of urea groups is 1. The summed E-state index contributed by atoms with van der Waals surface area (Å²) in [6.07, 6.45) is 0. The Kier molecular flexibility index (Phi) is 5.69. The van der Waals surface area contributed by atoms with Crippen LogP contribution in [0.4, 0.5) is 13.6 Å². The van der Waals surface area contributed by atoms with E-state index in [1.165, 1.54) is 17.0 Å². The van der Waals surface area contributed by atoms with Crippen LogP contribution in [0.25, 0.3) is 0 Å². The van der Waals surface area contributed by atoms with Crippen molar-refractivity contribution in [3.8, 4) is 0 Å². The van der Waals surface area contributed by atoms with Gasteiger partial charge >= 0.3 is 6.03 Å². The van der Waals surface area contributed by atoms with Crippen molar-refractivity contribution in [3.05, 3.63) is 35.9 Å². The van der Waals surface area contributed by atoms with E-state index in [4.69, 9.17) is 0 Å². The molecule has 0 aromatic heterocycles. The van der Waals surface area contributed by atoms with Crippen LogP contribution in [0.2, 0.25) is 0 Å². The minimum Gasteiger partial charge on any atom is -0.337 e. The zero-order valence-corrected chi connectivity index (χ0v) is 11.1. The minimum absolute atomic E-state index is 0.0140. The van der Waals surface area contributed by atoms with Crippen LogP contribution in [0.3, 0.4) is 0 Å². The molecule has 0 radical (unpaired) electrons. The van der Waals surface area contributed by atoms with Crippen molar-refractivity contribution in [1.82, 2.24) is 15.5 Å². The molecular weight excluding hydrogens is 252 g/mol. The van der Waals surface area contributed by atoms with Crippen molar-refractivity contribution >= 4 is 6.03 Å². The average molecular weight is 271 g/mol. The van der Waals surface area contributed by atoms with Gasteiger partial charge in [-0.25, -0.2) is 4.79 Å². The molecule has 0 aliphatic carbocycles. The zero-order chi connectivity index (χ0) is 14.3. The third kappa shape index (κ3) is 5.21. The Morgan fingerprint density at radius 2 is 1.84 bits per heavy atom. The van der Waals surface area contributed by atoms with Crippen LogP contribution in [0.15, 0.2) is 30.3 Å². The summed E-state index contributed by atoms with van der Waals surface area (Å²) in [6.45, 7) is 0.152. The van der Waals surface area contributed by atoms with Crippen LogP contribution >= 0.6 is 0 Å². The van der Waals surface area contributed by atoms with Gasteiger partial charge in [-0.05, 0) is 0 Å². The summed E-state index contributed by atoms with van der Waals surface area (Å²) >= 11 is 0. The molecule has 0 bridgehead atoms. The first kappa shape index (κ1) is 15.4. The van der Waals surface area contributed by atoms with Gasteiger partial charge in [0.1, 0.15) is 0 Å². The summed E-state index contributed by atoms with van der Waals surface area (Å²) in [6, 6.07) is 7.42. The Bertz CT molecular complexity index is 396. The van der Waals surface area contributed by atoms with E-state index in [9.17, 15) is 13.6 Å². The summed E-state index contributed by atoms with van der Waals surface area (Å²) < 4.78 is 27.4. The summed E-state index contributed by atoms with van der Waals surface area (Å²) in [7, 11) is 3.23. The highest BCUT2D eigenvalue weighted by Gasteiger charge is 2.30. The number of hydrogen-bond donors (Lipinski definition) is 2. The smallest absolute Gasteiger partial charge is 0.316 e. The Balaban J connectivity index is 2.27. The van der Waals surface area contributed by atoms with Crippen LogP contribution in [0, 0.1) is 0 Å². The van der Waals surface area contributed by atoms with E-state index in [0.717, 1.165) is 0 Å². The van der Waals surface area contributed by atoms with E-state index < -0.39 is 12.5 Å². The molecule has 1 aromatic carbocycles. The number of nitrogens with one attached hydrogen (secondary N) is 2. The monoisotopic (exact) mass is 271 g/mol. The summed E-state index contributed by atoms with van der Waals surface area (Å²) in [5.41, 5.74) is -0.0140. The van der Waals surface area contributed by atoms with Gasteiger partial charge in [0.2, 0.25) is 0 Å². The van der Waals surface area contributed by atoms with Gasteiger partial charge in [0.05, 0.1) is 6.54 Å². The number of nitrogens with zero attached hydrogens (tertiary/aromatic N) is 1. The number of hydrogen-bond acceptors (Lipinski definition) is 2. The molecule has 2 amide bonds. The van der Waals surface area contributed by atoms with Crippen molar-refractivity contribution in [2.24, 2.45) is 0 Å². The fourth-order valence-electron chi connectivity index (χ4n) is 1.45. The van der Waals surface area contributed by atoms with Crippen LogP contribution in [-0.4, -0.2) is 44.7 Å². The molecule has 0 unspecified atom stereocenters. The lowest BCUT2D eigenvalue weighted by atomic mass is 10.1. The van der Waals surface area contributed by atoms with Gasteiger partial charge < -0.3 is 15.5 Å². The highest BCUT2D eigenvalue weighted by molar-refractivity contribution is 5.73. The average Bonchev–Trinajstić information content (AvgIpc) is 2.39. The number of alkyl halides is 2. The van der Waals surface area contributed by atoms with E-state index in [1.807, 2.05) is 0 Å². The molecule has 0 aliphatic heterocycles. The summed E-state index contributed by atoms with van der Waals surface area (Å²) in [5, 5.41) is 5.22. The normalized spacial score (nSPS) is 11.2. The SMILES string of the molecule is CN(C)C(=O)NCCNCC(F)(F)c1ccccc1. The highest BCUT2D eigenvalue weighted by atomic mass is 19.3. The Labute approximate surface area is 111 Å². The van der Waals surface area contributed by atoms with Gasteiger partial charge in [0.25, 0.3) is 5.92 Å². The van der Waals surface area contributed by atoms with Crippen LogP contribution in [-0.2, 0) is 5.92 Å². The van der Waals surface area contributed by atoms with Gasteiger partial charge in [-0.15, -0.1) is 0 Å². The quantitative estimate of drug-likeness (QED) is 0.773. The molecule has 6 heteroatoms. The van der Waals surface area contributed by atoms with Gasteiger partial charge in [-0.2, -0.15) is 8.78 Å². The Morgan fingerprint density at radius 1 is 1.21 bits per heavy atom. The summed E-state index contributed by atoms with van der Waals surface area (Å²) in [4.78, 5) is 12.6. The topological polar surface area (TPSA) is 44.4 Å². The van der Waals surface area contributed by atoms with Gasteiger partial charge in [-0.3, -0.25) is 0 Å². The Morgan fingerprint density at radius 3 is 2.42 bits per heavy atom. The second-order valence-electron chi connectivity index (χ2n) is 4.37. The molecule has 19 heavy (non-hydrogen) atoms. The first-order valence-corrected chi connectivity index (χ1v) is 6.03. The molecule has 0 saturated heterocycles. The van der Waals surface area contributed by atoms with E-state index in [0.29, 0.717) is 13.1 Å². The van der Waals surface area contributed by atoms with E-state index in [-0.39, 0.29) is 11.6 Å². The maximum atomic E-state index is 13.7. The largest absolute Gasteiger partial charge is 0.337 e. The standard InChI is InChI=1S/C13H19F2N3O/c1-18(2)12(19)17-9-8-16-10-13(14,15)11-6-4-3-5-7-11/h3-7,16H,8-10H2,1-2H3,(H,17,19). The summed E-state index contributed by atoms with van der Waals surface area (Å²) in [5.74, 6) is -2.91. The van der Waals surface area contributed by atoms with Crippen molar-refractivity contribution in [2.75, 3.05) is 33.7 Å². The molecule has 0 atom stereocenters. The molecule has 0 spiro atoms. The van der Waals surface area contributed by atoms with Crippen LogP contribution in [0.5, 0.6) is 0 Å². The second kappa shape index (κ2) is 7.04. The molecule has 0 saturated carbocycles. The predicted octanol–water partition coefficient (Wildman–Crippen LogP) is 1.64. The van der Waals surface area contributed by atoms with E-state index in [2.05, 4.69) is 10.6 Å². The molecular formula is C13H19F2N3O. The minimum atomic E-state index is -2.91. The lowest BCUT2D eigenvalue weighted by Crippen LogP contribution is -2.40. The van der Waals surface area contributed by atoms with Gasteiger partial charge in [0, 0.05) is 32.7 Å². The van der Waals surface area contributed by atoms with Gasteiger partial charge in [0.15, 0.2) is 0 Å². The van der Waals surface area contributed by atoms with E-state index in [1.54, 1.807) is 32.3 Å². The number of halogens is 2. The molecule has 106 valence electrons. The molecule has 0 aliphatic rings. The fourth-order valence-corrected chi connectivity index (χ4v) is 1.45. The molecule has 0 fully saturated rings. The number of amides is 2. The number of carbonyl (C=O) groups is 1. The lowest BCUT2D eigenvalue weighted by Gasteiger charge is -2.18. The van der Waals surface area contributed by atoms with Crippen LogP contribution in [0.1, 0.15) is 5.56 Å². The van der Waals surface area contributed by atoms with E-state index >= 15 is 0 Å². The van der Waals surface area contributed by atoms with Crippen molar-refractivity contribution in [1.29, 1.82) is 0 Å². The highest BCUT2D eigenvalue weighted by Crippen LogP contribution is 2.26. The molecule has 1 rings (SSSR count). The lowest BCUT2D eigenvalue weighted by molar-refractivity contribution is -0.00279. The first-order chi connectivity index (χ1) is 8.93. The zero-order valence-electron chi connectivity index (χ0n) is 11.1. The Hall–Kier alpha value is -1.69. The molecule has 2 N–H and O–H groups in total. The first-order valence-electron chi connectivity index (χ1n) is 6.03. The number of benzene rings is 1. The fraction of sp³-hybridized carbons (Fsp3) is 0.462. The van der Waals surface area contributed by atoms with Crippen molar-refractivity contribution < 1.29 is 13.6 Å². The van der Waals surface area contributed by atoms with Crippen LogP contribution < -0.4 is 10.6 Å². The maximum absolute atomic E-state index is 13.7. The molecule has 0 heterocycles.